The van der Waals surface area contributed by atoms with Crippen molar-refractivity contribution in [3.63, 3.8) is 0 Å². The van der Waals surface area contributed by atoms with Gasteiger partial charge >= 0.3 is 0 Å². The maximum Gasteiger partial charge on any atom is 0.243 e. The number of fused-ring (bicyclic) bond motifs is 1. The minimum atomic E-state index is -1.40. The standard InChI is InChI=1S/C23H33N3O3/c1-5-14-29-23(4,27)25-17-10-8-16(9-11-17)22-21(24)19-13-12-18(28-7-3)15-20(19)26(22)6-2/h8-13,15,21-22,25,27H,5-7,14,24H2,1-4H3/t21?,22?,23-/m0/s1. The first-order valence-electron chi connectivity index (χ1n) is 10.4. The van der Waals surface area contributed by atoms with Gasteiger partial charge < -0.3 is 30.5 Å². The van der Waals surface area contributed by atoms with Gasteiger partial charge in [0.2, 0.25) is 5.91 Å². The van der Waals surface area contributed by atoms with Gasteiger partial charge in [-0.2, -0.15) is 0 Å². The summed E-state index contributed by atoms with van der Waals surface area (Å²) in [5.41, 5.74) is 10.8. The highest BCUT2D eigenvalue weighted by Gasteiger charge is 2.36. The topological polar surface area (TPSA) is 80.0 Å². The molecule has 0 amide bonds. The van der Waals surface area contributed by atoms with Crippen LogP contribution in [-0.2, 0) is 4.74 Å². The van der Waals surface area contributed by atoms with Crippen LogP contribution in [0.5, 0.6) is 5.75 Å². The van der Waals surface area contributed by atoms with Gasteiger partial charge in [-0.15, -0.1) is 0 Å². The van der Waals surface area contributed by atoms with E-state index in [0.29, 0.717) is 13.2 Å². The lowest BCUT2D eigenvalue weighted by atomic mass is 9.97. The van der Waals surface area contributed by atoms with E-state index in [-0.39, 0.29) is 12.1 Å². The number of ether oxygens (including phenoxy) is 2. The van der Waals surface area contributed by atoms with E-state index in [1.807, 2.05) is 32.0 Å². The van der Waals surface area contributed by atoms with Gasteiger partial charge in [0.25, 0.3) is 0 Å². The van der Waals surface area contributed by atoms with Gasteiger partial charge in [0.05, 0.1) is 25.3 Å². The lowest BCUT2D eigenvalue weighted by Crippen LogP contribution is -2.37. The van der Waals surface area contributed by atoms with Gasteiger partial charge in [-0.1, -0.05) is 25.1 Å². The van der Waals surface area contributed by atoms with Crippen LogP contribution < -0.4 is 20.7 Å². The highest BCUT2D eigenvalue weighted by Crippen LogP contribution is 2.47. The normalized spacial score (nSPS) is 20.3. The molecule has 158 valence electrons. The van der Waals surface area contributed by atoms with Crippen molar-refractivity contribution in [1.82, 2.24) is 0 Å². The summed E-state index contributed by atoms with van der Waals surface area (Å²) in [5, 5.41) is 13.3. The zero-order chi connectivity index (χ0) is 21.0. The number of hydrogen-bond donors (Lipinski definition) is 3. The first-order valence-corrected chi connectivity index (χ1v) is 10.4. The second-order valence-corrected chi connectivity index (χ2v) is 7.49. The quantitative estimate of drug-likeness (QED) is 0.549. The van der Waals surface area contributed by atoms with Crippen LogP contribution in [0, 0.1) is 0 Å². The summed E-state index contributed by atoms with van der Waals surface area (Å²) in [6, 6.07) is 14.1. The van der Waals surface area contributed by atoms with Crippen molar-refractivity contribution in [1.29, 1.82) is 0 Å². The lowest BCUT2D eigenvalue weighted by Gasteiger charge is -2.29. The fourth-order valence-corrected chi connectivity index (χ4v) is 3.95. The molecular formula is C23H33N3O3. The van der Waals surface area contributed by atoms with Crippen LogP contribution in [0.3, 0.4) is 0 Å². The monoisotopic (exact) mass is 399 g/mol. The molecule has 0 bridgehead atoms. The number of benzene rings is 2. The first kappa shape index (κ1) is 21.4. The number of hydrogen-bond acceptors (Lipinski definition) is 6. The van der Waals surface area contributed by atoms with Crippen molar-refractivity contribution >= 4 is 11.4 Å². The Kier molecular flexibility index (Phi) is 6.67. The number of anilines is 2. The zero-order valence-electron chi connectivity index (χ0n) is 17.8. The number of rotatable bonds is 9. The fourth-order valence-electron chi connectivity index (χ4n) is 3.95. The molecule has 2 unspecified atom stereocenters. The predicted molar refractivity (Wildman–Crippen MR) is 117 cm³/mol. The first-order chi connectivity index (χ1) is 13.9. The van der Waals surface area contributed by atoms with Gasteiger partial charge in [-0.25, -0.2) is 0 Å². The average molecular weight is 400 g/mol. The summed E-state index contributed by atoms with van der Waals surface area (Å²) in [4.78, 5) is 2.32. The number of aliphatic hydroxyl groups is 1. The Morgan fingerprint density at radius 2 is 1.86 bits per heavy atom. The van der Waals surface area contributed by atoms with E-state index in [2.05, 4.69) is 41.4 Å². The van der Waals surface area contributed by atoms with E-state index in [0.717, 1.165) is 41.2 Å². The third-order valence-corrected chi connectivity index (χ3v) is 5.21. The highest BCUT2D eigenvalue weighted by atomic mass is 16.6. The van der Waals surface area contributed by atoms with Gasteiger partial charge in [0, 0.05) is 30.9 Å². The zero-order valence-corrected chi connectivity index (χ0v) is 17.8. The molecule has 0 saturated heterocycles. The van der Waals surface area contributed by atoms with Crippen molar-refractivity contribution in [3.8, 4) is 5.75 Å². The van der Waals surface area contributed by atoms with Gasteiger partial charge in [0.1, 0.15) is 5.75 Å². The highest BCUT2D eigenvalue weighted by molar-refractivity contribution is 5.65. The van der Waals surface area contributed by atoms with E-state index in [1.165, 1.54) is 0 Å². The predicted octanol–water partition coefficient (Wildman–Crippen LogP) is 4.17. The Bertz CT molecular complexity index is 808. The second-order valence-electron chi connectivity index (χ2n) is 7.49. The third-order valence-electron chi connectivity index (χ3n) is 5.21. The van der Waals surface area contributed by atoms with E-state index in [9.17, 15) is 5.11 Å². The number of nitrogens with two attached hydrogens (primary N) is 1. The van der Waals surface area contributed by atoms with Crippen molar-refractivity contribution in [2.75, 3.05) is 30.0 Å². The number of nitrogens with zero attached hydrogens (tertiary/aromatic N) is 1. The molecule has 3 atom stereocenters. The molecular weight excluding hydrogens is 366 g/mol. The Morgan fingerprint density at radius 1 is 1.14 bits per heavy atom. The molecule has 0 radical (unpaired) electrons. The Balaban J connectivity index is 1.81. The van der Waals surface area contributed by atoms with Crippen LogP contribution in [0.4, 0.5) is 11.4 Å². The lowest BCUT2D eigenvalue weighted by molar-refractivity contribution is -0.167. The van der Waals surface area contributed by atoms with Crippen molar-refractivity contribution in [3.05, 3.63) is 53.6 Å². The molecule has 29 heavy (non-hydrogen) atoms. The SMILES string of the molecule is CCCO[C@](C)(O)Nc1ccc(C2C(N)c3ccc(OCC)cc3N2CC)cc1. The van der Waals surface area contributed by atoms with Crippen LogP contribution in [-0.4, -0.2) is 30.8 Å². The van der Waals surface area contributed by atoms with E-state index in [1.54, 1.807) is 6.92 Å². The third kappa shape index (κ3) is 4.66. The summed E-state index contributed by atoms with van der Waals surface area (Å²) in [5.74, 6) is -0.533. The van der Waals surface area contributed by atoms with E-state index >= 15 is 0 Å². The fraction of sp³-hybridized carbons (Fsp3) is 0.478. The van der Waals surface area contributed by atoms with Crippen LogP contribution in [0.2, 0.25) is 0 Å². The molecule has 0 spiro atoms. The maximum atomic E-state index is 10.3. The van der Waals surface area contributed by atoms with E-state index < -0.39 is 5.91 Å². The van der Waals surface area contributed by atoms with Gasteiger partial charge in [-0.3, -0.25) is 0 Å². The number of likely N-dealkylation sites (N-methyl/N-ethyl adjacent to an activating group) is 1. The number of nitrogens with one attached hydrogen (secondary N) is 1. The molecule has 4 N–H and O–H groups in total. The molecule has 6 heteroatoms. The second kappa shape index (κ2) is 9.03. The Labute approximate surface area is 173 Å². The molecule has 6 nitrogen and oxygen atoms in total. The molecule has 0 aliphatic carbocycles. The summed E-state index contributed by atoms with van der Waals surface area (Å²) >= 11 is 0. The molecule has 1 aliphatic rings. The summed E-state index contributed by atoms with van der Waals surface area (Å²) in [7, 11) is 0. The smallest absolute Gasteiger partial charge is 0.243 e. The van der Waals surface area contributed by atoms with Crippen molar-refractivity contribution in [2.45, 2.75) is 52.1 Å². The summed E-state index contributed by atoms with van der Waals surface area (Å²) in [6.45, 7) is 9.71. The van der Waals surface area contributed by atoms with Crippen LogP contribution in [0.25, 0.3) is 0 Å². The molecule has 1 aliphatic heterocycles. The molecule has 1 heterocycles. The van der Waals surface area contributed by atoms with Crippen LogP contribution in [0.1, 0.15) is 57.3 Å². The Hall–Kier alpha value is -2.28. The van der Waals surface area contributed by atoms with Crippen molar-refractivity contribution < 1.29 is 14.6 Å². The van der Waals surface area contributed by atoms with Crippen molar-refractivity contribution in [2.24, 2.45) is 5.73 Å². The molecule has 2 aromatic rings. The largest absolute Gasteiger partial charge is 0.494 e. The van der Waals surface area contributed by atoms with Crippen LogP contribution >= 0.6 is 0 Å². The molecule has 2 aromatic carbocycles. The molecule has 0 aromatic heterocycles. The minimum absolute atomic E-state index is 0.0535. The Morgan fingerprint density at radius 3 is 2.48 bits per heavy atom. The minimum Gasteiger partial charge on any atom is -0.494 e. The van der Waals surface area contributed by atoms with Gasteiger partial charge in [0.15, 0.2) is 0 Å². The molecule has 0 fully saturated rings. The average Bonchev–Trinajstić information content (AvgIpc) is 2.98. The summed E-state index contributed by atoms with van der Waals surface area (Å²) < 4.78 is 11.1. The molecule has 3 rings (SSSR count). The maximum absolute atomic E-state index is 10.3. The van der Waals surface area contributed by atoms with Crippen LogP contribution in [0.15, 0.2) is 42.5 Å². The van der Waals surface area contributed by atoms with Gasteiger partial charge in [-0.05, 0) is 49.6 Å². The molecule has 0 saturated carbocycles. The van der Waals surface area contributed by atoms with E-state index in [4.69, 9.17) is 15.2 Å². The summed E-state index contributed by atoms with van der Waals surface area (Å²) in [6.07, 6.45) is 0.842.